The Kier molecular flexibility index (Phi) is 3.16. The average Bonchev–Trinajstić information content (AvgIpc) is 3.22. The standard InChI is InChI=1S/C18H19N5/c1-2-23-13(9-19)8-15-17(23)14-4-3-11(12-5-6-21-10-12)7-16(14)22-18(15)20/h3-8H,2,9-10,19H2,1H3,(H2,20,22). The van der Waals surface area contributed by atoms with Gasteiger partial charge in [-0.3, -0.25) is 4.99 Å². The quantitative estimate of drug-likeness (QED) is 0.780. The molecule has 1 aliphatic rings. The van der Waals surface area contributed by atoms with Gasteiger partial charge in [-0.1, -0.05) is 12.1 Å². The van der Waals surface area contributed by atoms with E-state index in [1.807, 2.05) is 12.3 Å². The Morgan fingerprint density at radius 2 is 2.09 bits per heavy atom. The van der Waals surface area contributed by atoms with Crippen molar-refractivity contribution in [2.24, 2.45) is 10.7 Å². The van der Waals surface area contributed by atoms with E-state index in [0.717, 1.165) is 46.2 Å². The Labute approximate surface area is 134 Å². The predicted molar refractivity (Wildman–Crippen MR) is 96.6 cm³/mol. The molecular weight excluding hydrogens is 286 g/mol. The molecule has 5 nitrogen and oxygen atoms in total. The van der Waals surface area contributed by atoms with Crippen molar-refractivity contribution in [1.29, 1.82) is 0 Å². The van der Waals surface area contributed by atoms with Crippen LogP contribution in [0.4, 0.5) is 5.82 Å². The van der Waals surface area contributed by atoms with Crippen molar-refractivity contribution >= 4 is 39.4 Å². The number of nitrogens with zero attached hydrogens (tertiary/aromatic N) is 3. The third kappa shape index (κ3) is 2.04. The van der Waals surface area contributed by atoms with Gasteiger partial charge in [0, 0.05) is 35.8 Å². The van der Waals surface area contributed by atoms with Crippen LogP contribution in [-0.4, -0.2) is 22.3 Å². The average molecular weight is 305 g/mol. The lowest BCUT2D eigenvalue weighted by Gasteiger charge is -2.10. The van der Waals surface area contributed by atoms with Gasteiger partial charge in [-0.15, -0.1) is 0 Å². The highest BCUT2D eigenvalue weighted by molar-refractivity contribution is 6.09. The van der Waals surface area contributed by atoms with Crippen LogP contribution in [0.2, 0.25) is 0 Å². The van der Waals surface area contributed by atoms with Crippen molar-refractivity contribution in [2.45, 2.75) is 20.0 Å². The van der Waals surface area contributed by atoms with Gasteiger partial charge in [0.25, 0.3) is 0 Å². The van der Waals surface area contributed by atoms with Crippen LogP contribution >= 0.6 is 0 Å². The molecule has 4 N–H and O–H groups in total. The monoisotopic (exact) mass is 305 g/mol. The van der Waals surface area contributed by atoms with E-state index in [9.17, 15) is 0 Å². The first kappa shape index (κ1) is 14.0. The van der Waals surface area contributed by atoms with Gasteiger partial charge >= 0.3 is 0 Å². The number of aryl methyl sites for hydroxylation is 1. The first-order valence-corrected chi connectivity index (χ1v) is 7.83. The summed E-state index contributed by atoms with van der Waals surface area (Å²) in [5, 5.41) is 2.09. The number of anilines is 1. The van der Waals surface area contributed by atoms with E-state index in [0.29, 0.717) is 12.4 Å². The molecule has 0 unspecified atom stereocenters. The summed E-state index contributed by atoms with van der Waals surface area (Å²) in [4.78, 5) is 8.86. The topological polar surface area (TPSA) is 82.2 Å². The highest BCUT2D eigenvalue weighted by Crippen LogP contribution is 2.32. The largest absolute Gasteiger partial charge is 0.383 e. The number of nitrogens with two attached hydrogens (primary N) is 2. The summed E-state index contributed by atoms with van der Waals surface area (Å²) in [6, 6.07) is 8.42. The molecule has 0 aliphatic carbocycles. The number of hydrogen-bond donors (Lipinski definition) is 2. The Morgan fingerprint density at radius 3 is 2.78 bits per heavy atom. The van der Waals surface area contributed by atoms with Gasteiger partial charge in [-0.05, 0) is 36.3 Å². The minimum atomic E-state index is 0.492. The van der Waals surface area contributed by atoms with E-state index in [1.165, 1.54) is 5.57 Å². The molecule has 2 aromatic heterocycles. The van der Waals surface area contributed by atoms with Crippen LogP contribution in [-0.2, 0) is 13.1 Å². The number of allylic oxidation sites excluding steroid dienone is 1. The number of aliphatic imine (C=N–C) groups is 1. The second-order valence-electron chi connectivity index (χ2n) is 5.76. The summed E-state index contributed by atoms with van der Waals surface area (Å²) < 4.78 is 2.23. The van der Waals surface area contributed by atoms with Gasteiger partial charge in [0.05, 0.1) is 17.6 Å². The van der Waals surface area contributed by atoms with Crippen LogP contribution in [0.25, 0.3) is 27.4 Å². The van der Waals surface area contributed by atoms with Gasteiger partial charge in [-0.25, -0.2) is 4.98 Å². The fourth-order valence-corrected chi connectivity index (χ4v) is 3.37. The van der Waals surface area contributed by atoms with Crippen molar-refractivity contribution in [2.75, 3.05) is 12.3 Å². The Morgan fingerprint density at radius 1 is 1.22 bits per heavy atom. The van der Waals surface area contributed by atoms with E-state index in [1.54, 1.807) is 0 Å². The highest BCUT2D eigenvalue weighted by atomic mass is 15.0. The Balaban J connectivity index is 2.03. The lowest BCUT2D eigenvalue weighted by atomic mass is 10.0. The molecule has 3 aromatic rings. The molecule has 1 aromatic carbocycles. The van der Waals surface area contributed by atoms with Crippen molar-refractivity contribution < 1.29 is 0 Å². The molecule has 0 radical (unpaired) electrons. The third-order valence-corrected chi connectivity index (χ3v) is 4.49. The molecule has 0 saturated heterocycles. The van der Waals surface area contributed by atoms with E-state index >= 15 is 0 Å². The summed E-state index contributed by atoms with van der Waals surface area (Å²) in [6.45, 7) is 4.20. The van der Waals surface area contributed by atoms with Crippen molar-refractivity contribution in [3.8, 4) is 0 Å². The normalized spacial score (nSPS) is 14.1. The van der Waals surface area contributed by atoms with E-state index in [2.05, 4.69) is 45.7 Å². The maximum Gasteiger partial charge on any atom is 0.133 e. The summed E-state index contributed by atoms with van der Waals surface area (Å²) >= 11 is 0. The molecule has 5 heteroatoms. The SMILES string of the molecule is CCn1c(CN)cc2c(N)nc3cc(C4=CC=NC4)ccc3c21. The minimum absolute atomic E-state index is 0.492. The molecule has 3 heterocycles. The van der Waals surface area contributed by atoms with Gasteiger partial charge in [0.1, 0.15) is 5.82 Å². The summed E-state index contributed by atoms with van der Waals surface area (Å²) in [7, 11) is 0. The zero-order chi connectivity index (χ0) is 16.0. The van der Waals surface area contributed by atoms with Crippen molar-refractivity contribution in [3.05, 3.63) is 41.6 Å². The highest BCUT2D eigenvalue weighted by Gasteiger charge is 2.15. The Bertz CT molecular complexity index is 978. The maximum absolute atomic E-state index is 6.21. The molecular formula is C18H19N5. The second kappa shape index (κ2) is 5.21. The number of hydrogen-bond acceptors (Lipinski definition) is 4. The number of fused-ring (bicyclic) bond motifs is 3. The molecule has 4 rings (SSSR count). The number of rotatable bonds is 3. The predicted octanol–water partition coefficient (Wildman–Crippen LogP) is 2.72. The summed E-state index contributed by atoms with van der Waals surface area (Å²) in [6.07, 6.45) is 3.89. The fraction of sp³-hybridized carbons (Fsp3) is 0.222. The van der Waals surface area contributed by atoms with Crippen LogP contribution in [0.15, 0.2) is 35.3 Å². The van der Waals surface area contributed by atoms with Gasteiger partial charge in [0.15, 0.2) is 0 Å². The first-order chi connectivity index (χ1) is 11.2. The number of nitrogen functional groups attached to an aromatic ring is 1. The van der Waals surface area contributed by atoms with Crippen molar-refractivity contribution in [3.63, 3.8) is 0 Å². The van der Waals surface area contributed by atoms with E-state index in [-0.39, 0.29) is 0 Å². The molecule has 0 fully saturated rings. The molecule has 0 saturated carbocycles. The van der Waals surface area contributed by atoms with Crippen molar-refractivity contribution in [1.82, 2.24) is 9.55 Å². The van der Waals surface area contributed by atoms with Gasteiger partial charge in [-0.2, -0.15) is 0 Å². The van der Waals surface area contributed by atoms with Crippen LogP contribution in [0.1, 0.15) is 18.2 Å². The smallest absolute Gasteiger partial charge is 0.133 e. The molecule has 0 amide bonds. The zero-order valence-electron chi connectivity index (χ0n) is 13.1. The van der Waals surface area contributed by atoms with Gasteiger partial charge < -0.3 is 16.0 Å². The minimum Gasteiger partial charge on any atom is -0.383 e. The Hall–Kier alpha value is -2.66. The summed E-state index contributed by atoms with van der Waals surface area (Å²) in [5.74, 6) is 0.559. The fourth-order valence-electron chi connectivity index (χ4n) is 3.37. The van der Waals surface area contributed by atoms with E-state index in [4.69, 9.17) is 11.5 Å². The lowest BCUT2D eigenvalue weighted by Crippen LogP contribution is -2.06. The number of pyridine rings is 1. The molecule has 0 spiro atoms. The van der Waals surface area contributed by atoms with Crippen LogP contribution in [0, 0.1) is 0 Å². The lowest BCUT2D eigenvalue weighted by molar-refractivity contribution is 0.741. The number of benzene rings is 1. The molecule has 116 valence electrons. The third-order valence-electron chi connectivity index (χ3n) is 4.49. The summed E-state index contributed by atoms with van der Waals surface area (Å²) in [5.41, 5.74) is 17.6. The van der Waals surface area contributed by atoms with Crippen LogP contribution in [0.3, 0.4) is 0 Å². The van der Waals surface area contributed by atoms with Gasteiger partial charge in [0.2, 0.25) is 0 Å². The van der Waals surface area contributed by atoms with Crippen LogP contribution < -0.4 is 11.5 Å². The molecule has 23 heavy (non-hydrogen) atoms. The molecule has 0 bridgehead atoms. The second-order valence-corrected chi connectivity index (χ2v) is 5.76. The zero-order valence-corrected chi connectivity index (χ0v) is 13.1. The van der Waals surface area contributed by atoms with E-state index < -0.39 is 0 Å². The maximum atomic E-state index is 6.21. The van der Waals surface area contributed by atoms with Crippen LogP contribution in [0.5, 0.6) is 0 Å². The first-order valence-electron chi connectivity index (χ1n) is 7.83. The number of aromatic nitrogens is 2. The molecule has 0 atom stereocenters. The molecule has 1 aliphatic heterocycles.